The molecule has 0 saturated carbocycles. The Kier molecular flexibility index (Phi) is 7.36. The van der Waals surface area contributed by atoms with Crippen molar-refractivity contribution in [3.8, 4) is 5.88 Å². The van der Waals surface area contributed by atoms with Crippen LogP contribution in [0.1, 0.15) is 21.6 Å². The van der Waals surface area contributed by atoms with Crippen LogP contribution in [0.4, 0.5) is 22.7 Å². The van der Waals surface area contributed by atoms with Gasteiger partial charge >= 0.3 is 6.18 Å². The largest absolute Gasteiger partial charge is 0.468 e. The Morgan fingerprint density at radius 1 is 1.12 bits per heavy atom. The van der Waals surface area contributed by atoms with Crippen molar-refractivity contribution >= 4 is 28.3 Å². The smallest absolute Gasteiger partial charge is 0.422 e. The average Bonchev–Trinajstić information content (AvgIpc) is 3.17. The standard InChI is InChI=1S/C20H16F4N4O3S/c21-15-6-2-1-5-14(15)17(30)28-19-27-13(10-32-19)8-16(29)26-9-12-4-3-7-25-18(12)31-11-20(22,23)24/h1-7,10H,8-9,11H2,(H,26,29)(H,27,28,30). The fourth-order valence-electron chi connectivity index (χ4n) is 2.52. The van der Waals surface area contributed by atoms with E-state index in [0.29, 0.717) is 5.69 Å². The first-order valence-corrected chi connectivity index (χ1v) is 9.99. The molecular formula is C20H16F4N4O3S. The van der Waals surface area contributed by atoms with Gasteiger partial charge in [0.2, 0.25) is 11.8 Å². The van der Waals surface area contributed by atoms with Gasteiger partial charge in [-0.3, -0.25) is 14.9 Å². The van der Waals surface area contributed by atoms with Gasteiger partial charge in [-0.15, -0.1) is 11.3 Å². The van der Waals surface area contributed by atoms with E-state index in [0.717, 1.165) is 17.4 Å². The summed E-state index contributed by atoms with van der Waals surface area (Å²) in [5, 5.41) is 6.77. The zero-order valence-electron chi connectivity index (χ0n) is 16.3. The van der Waals surface area contributed by atoms with Gasteiger partial charge in [0.15, 0.2) is 11.7 Å². The van der Waals surface area contributed by atoms with Crippen LogP contribution in [-0.2, 0) is 17.8 Å². The molecule has 0 saturated heterocycles. The maximum absolute atomic E-state index is 13.7. The first-order chi connectivity index (χ1) is 15.2. The van der Waals surface area contributed by atoms with Gasteiger partial charge in [-0.05, 0) is 18.2 Å². The van der Waals surface area contributed by atoms with Crippen LogP contribution in [0.25, 0.3) is 0 Å². The minimum absolute atomic E-state index is 0.0964. The Morgan fingerprint density at radius 2 is 1.91 bits per heavy atom. The number of pyridine rings is 1. The molecule has 32 heavy (non-hydrogen) atoms. The number of alkyl halides is 3. The molecule has 1 aromatic carbocycles. The van der Waals surface area contributed by atoms with Gasteiger partial charge in [0.1, 0.15) is 5.82 Å². The van der Waals surface area contributed by atoms with E-state index in [1.165, 1.54) is 36.5 Å². The predicted molar refractivity (Wildman–Crippen MR) is 108 cm³/mol. The van der Waals surface area contributed by atoms with Crippen LogP contribution in [0, 0.1) is 5.82 Å². The average molecular weight is 468 g/mol. The first-order valence-electron chi connectivity index (χ1n) is 9.11. The molecule has 168 valence electrons. The molecule has 0 aliphatic carbocycles. The van der Waals surface area contributed by atoms with E-state index in [4.69, 9.17) is 0 Å². The van der Waals surface area contributed by atoms with Gasteiger partial charge < -0.3 is 10.1 Å². The second kappa shape index (κ2) is 10.2. The zero-order valence-corrected chi connectivity index (χ0v) is 17.1. The molecule has 0 unspecified atom stereocenters. The molecule has 0 spiro atoms. The minimum Gasteiger partial charge on any atom is -0.468 e. The summed E-state index contributed by atoms with van der Waals surface area (Å²) in [5.74, 6) is -2.02. The molecular weight excluding hydrogens is 452 g/mol. The van der Waals surface area contributed by atoms with Crippen LogP contribution in [0.15, 0.2) is 48.0 Å². The van der Waals surface area contributed by atoms with Crippen molar-refractivity contribution in [2.24, 2.45) is 0 Å². The molecule has 0 aliphatic heterocycles. The van der Waals surface area contributed by atoms with Gasteiger partial charge in [-0.1, -0.05) is 18.2 Å². The van der Waals surface area contributed by atoms with E-state index in [2.05, 4.69) is 25.3 Å². The highest BCUT2D eigenvalue weighted by molar-refractivity contribution is 7.14. The number of ether oxygens (including phenoxy) is 1. The van der Waals surface area contributed by atoms with Crippen LogP contribution in [0.2, 0.25) is 0 Å². The highest BCUT2D eigenvalue weighted by Crippen LogP contribution is 2.20. The SMILES string of the molecule is O=C(Cc1csc(NC(=O)c2ccccc2F)n1)NCc1cccnc1OCC(F)(F)F. The zero-order chi connectivity index (χ0) is 23.1. The number of halogens is 4. The lowest BCUT2D eigenvalue weighted by Gasteiger charge is -2.12. The summed E-state index contributed by atoms with van der Waals surface area (Å²) < 4.78 is 55.4. The summed E-state index contributed by atoms with van der Waals surface area (Å²) in [6.07, 6.45) is -3.36. The van der Waals surface area contributed by atoms with Crippen molar-refractivity contribution in [1.82, 2.24) is 15.3 Å². The minimum atomic E-state index is -4.51. The molecule has 3 aromatic rings. The van der Waals surface area contributed by atoms with Crippen LogP contribution in [0.5, 0.6) is 5.88 Å². The van der Waals surface area contributed by atoms with Crippen LogP contribution in [0.3, 0.4) is 0 Å². The lowest BCUT2D eigenvalue weighted by molar-refractivity contribution is -0.154. The predicted octanol–water partition coefficient (Wildman–Crippen LogP) is 3.73. The van der Waals surface area contributed by atoms with Crippen molar-refractivity contribution in [2.75, 3.05) is 11.9 Å². The van der Waals surface area contributed by atoms with Gasteiger partial charge in [-0.2, -0.15) is 13.2 Å². The summed E-state index contributed by atoms with van der Waals surface area (Å²) in [5.41, 5.74) is 0.499. The summed E-state index contributed by atoms with van der Waals surface area (Å²) >= 11 is 1.06. The Bertz CT molecular complexity index is 1100. The summed E-state index contributed by atoms with van der Waals surface area (Å²) in [6.45, 7) is -1.59. The molecule has 3 rings (SSSR count). The Balaban J connectivity index is 1.53. The van der Waals surface area contributed by atoms with Gasteiger partial charge in [-0.25, -0.2) is 14.4 Å². The van der Waals surface area contributed by atoms with E-state index < -0.39 is 30.4 Å². The lowest BCUT2D eigenvalue weighted by atomic mass is 10.2. The third-order valence-corrected chi connectivity index (χ3v) is 4.74. The van der Waals surface area contributed by atoms with E-state index in [1.807, 2.05) is 0 Å². The molecule has 0 bridgehead atoms. The quantitative estimate of drug-likeness (QED) is 0.492. The third-order valence-electron chi connectivity index (χ3n) is 3.93. The number of anilines is 1. The maximum atomic E-state index is 13.7. The number of hydrogen-bond donors (Lipinski definition) is 2. The first kappa shape index (κ1) is 23.1. The second-order valence-electron chi connectivity index (χ2n) is 6.40. The normalized spacial score (nSPS) is 11.1. The molecule has 2 aromatic heterocycles. The second-order valence-corrected chi connectivity index (χ2v) is 7.26. The molecule has 7 nitrogen and oxygen atoms in total. The number of nitrogens with one attached hydrogen (secondary N) is 2. The van der Waals surface area contributed by atoms with Gasteiger partial charge in [0.25, 0.3) is 5.91 Å². The van der Waals surface area contributed by atoms with Crippen molar-refractivity contribution in [2.45, 2.75) is 19.1 Å². The Labute approximate surface area is 183 Å². The maximum Gasteiger partial charge on any atom is 0.422 e. The fourth-order valence-corrected chi connectivity index (χ4v) is 3.22. The summed E-state index contributed by atoms with van der Waals surface area (Å²) in [6, 6.07) is 8.47. The number of nitrogens with zero attached hydrogens (tertiary/aromatic N) is 2. The van der Waals surface area contributed by atoms with Crippen LogP contribution >= 0.6 is 11.3 Å². The van der Waals surface area contributed by atoms with E-state index in [-0.39, 0.29) is 35.1 Å². The Hall–Kier alpha value is -3.54. The molecule has 2 amide bonds. The topological polar surface area (TPSA) is 93.2 Å². The van der Waals surface area contributed by atoms with Crippen molar-refractivity contribution in [1.29, 1.82) is 0 Å². The van der Waals surface area contributed by atoms with Crippen LogP contribution < -0.4 is 15.4 Å². The summed E-state index contributed by atoms with van der Waals surface area (Å²) in [4.78, 5) is 32.2. The molecule has 0 aliphatic rings. The van der Waals surface area contributed by atoms with Crippen molar-refractivity contribution in [3.05, 3.63) is 70.6 Å². The van der Waals surface area contributed by atoms with E-state index in [1.54, 1.807) is 5.38 Å². The van der Waals surface area contributed by atoms with E-state index >= 15 is 0 Å². The van der Waals surface area contributed by atoms with Gasteiger partial charge in [0, 0.05) is 23.7 Å². The lowest BCUT2D eigenvalue weighted by Crippen LogP contribution is -2.26. The summed E-state index contributed by atoms with van der Waals surface area (Å²) in [7, 11) is 0. The van der Waals surface area contributed by atoms with Crippen molar-refractivity contribution in [3.63, 3.8) is 0 Å². The third kappa shape index (κ3) is 6.74. The number of carbonyl (C=O) groups excluding carboxylic acids is 2. The number of amides is 2. The highest BCUT2D eigenvalue weighted by Gasteiger charge is 2.29. The monoisotopic (exact) mass is 468 g/mol. The molecule has 2 heterocycles. The van der Waals surface area contributed by atoms with E-state index in [9.17, 15) is 27.2 Å². The number of aromatic nitrogens is 2. The van der Waals surface area contributed by atoms with Crippen molar-refractivity contribution < 1.29 is 31.9 Å². The number of carbonyl (C=O) groups is 2. The molecule has 12 heteroatoms. The number of rotatable bonds is 8. The number of hydrogen-bond acceptors (Lipinski definition) is 6. The fraction of sp³-hybridized carbons (Fsp3) is 0.200. The highest BCUT2D eigenvalue weighted by atomic mass is 32.1. The Morgan fingerprint density at radius 3 is 2.66 bits per heavy atom. The molecule has 2 N–H and O–H groups in total. The molecule has 0 atom stereocenters. The molecule has 0 fully saturated rings. The number of benzene rings is 1. The van der Waals surface area contributed by atoms with Gasteiger partial charge in [0.05, 0.1) is 17.7 Å². The molecule has 0 radical (unpaired) electrons. The number of thiazole rings is 1. The van der Waals surface area contributed by atoms with Crippen LogP contribution in [-0.4, -0.2) is 34.6 Å².